The summed E-state index contributed by atoms with van der Waals surface area (Å²) in [6.07, 6.45) is 2.62. The van der Waals surface area contributed by atoms with Crippen molar-refractivity contribution < 1.29 is 24.0 Å². The highest BCUT2D eigenvalue weighted by molar-refractivity contribution is 8.00. The molecular weight excluding hydrogens is 885 g/mol. The molecule has 1 saturated heterocycles. The van der Waals surface area contributed by atoms with Crippen LogP contribution in [0.2, 0.25) is 0 Å². The van der Waals surface area contributed by atoms with Crippen LogP contribution in [0.3, 0.4) is 0 Å². The molecule has 11 nitrogen and oxygen atoms in total. The van der Waals surface area contributed by atoms with Crippen LogP contribution in [0.5, 0.6) is 0 Å². The number of β-lactam (4-membered cyclic amide) rings is 1. The second-order valence-electron chi connectivity index (χ2n) is 15.2. The summed E-state index contributed by atoms with van der Waals surface area (Å²) >= 11 is 7.45. The molecule has 2 unspecified atom stereocenters. The van der Waals surface area contributed by atoms with Crippen LogP contribution in [0.15, 0.2) is 204 Å². The number of hydrogen-bond acceptors (Lipinski definition) is 12. The third-order valence-corrected chi connectivity index (χ3v) is 13.6. The molecule has 0 bridgehead atoms. The minimum Gasteiger partial charge on any atom is -0.448 e. The van der Waals surface area contributed by atoms with Crippen LogP contribution in [0, 0.1) is 0 Å². The third-order valence-electron chi connectivity index (χ3n) is 11.2. The first-order chi connectivity index (χ1) is 32.4. The zero-order valence-corrected chi connectivity index (χ0v) is 38.0. The first kappa shape index (κ1) is 44.0. The van der Waals surface area contributed by atoms with Crippen LogP contribution in [-0.2, 0) is 29.5 Å². The van der Waals surface area contributed by atoms with Crippen LogP contribution in [0.25, 0.3) is 4.91 Å². The van der Waals surface area contributed by atoms with E-state index >= 15 is 0 Å². The second kappa shape index (κ2) is 19.9. The van der Waals surface area contributed by atoms with Gasteiger partial charge < -0.3 is 20.2 Å². The molecule has 66 heavy (non-hydrogen) atoms. The third kappa shape index (κ3) is 8.90. The largest absolute Gasteiger partial charge is 0.448 e. The monoisotopic (exact) mass is 926 g/mol. The average Bonchev–Trinajstić information content (AvgIpc) is 3.84. The molecule has 14 heteroatoms. The van der Waals surface area contributed by atoms with Crippen molar-refractivity contribution in [3.63, 3.8) is 0 Å². The van der Waals surface area contributed by atoms with Gasteiger partial charge in [0.05, 0.1) is 5.69 Å². The van der Waals surface area contributed by atoms with Gasteiger partial charge in [-0.05, 0) is 51.6 Å². The molecule has 2 amide bonds. The molecule has 0 spiro atoms. The lowest BCUT2D eigenvalue weighted by molar-refractivity contribution is -0.154. The van der Waals surface area contributed by atoms with Crippen molar-refractivity contribution in [2.45, 2.75) is 23.1 Å². The van der Waals surface area contributed by atoms with Crippen molar-refractivity contribution >= 4 is 69.3 Å². The Bertz CT molecular complexity index is 2780. The van der Waals surface area contributed by atoms with Crippen LogP contribution in [0.1, 0.15) is 45.3 Å². The molecule has 2 aliphatic rings. The van der Waals surface area contributed by atoms with E-state index in [0.29, 0.717) is 27.1 Å². The van der Waals surface area contributed by atoms with Crippen molar-refractivity contribution in [2.75, 3.05) is 18.2 Å². The number of hydrogen-bond donors (Lipinski definition) is 3. The van der Waals surface area contributed by atoms with Gasteiger partial charge in [0, 0.05) is 22.2 Å². The number of allylic oxidation sites excluding steroid dienone is 1. The molecule has 1 fully saturated rings. The number of esters is 1. The normalized spacial score (nSPS) is 16.3. The van der Waals surface area contributed by atoms with E-state index < -0.39 is 40.8 Å². The number of carbonyl (C=O) groups is 3. The Labute approximate surface area is 395 Å². The number of nitrogens with one attached hydrogen (secondary N) is 2. The fraction of sp³-hybridized carbons (Fsp3) is 0.115. The van der Waals surface area contributed by atoms with Gasteiger partial charge in [-0.3, -0.25) is 19.5 Å². The lowest BCUT2D eigenvalue weighted by atomic mass is 9.77. The van der Waals surface area contributed by atoms with E-state index in [1.54, 1.807) is 23.7 Å². The predicted octanol–water partition coefficient (Wildman–Crippen LogP) is 9.25. The van der Waals surface area contributed by atoms with Gasteiger partial charge in [-0.25, -0.2) is 9.78 Å². The fourth-order valence-electron chi connectivity index (χ4n) is 8.13. The number of thioether (sulfide) groups is 1. The smallest absolute Gasteiger partial charge is 0.356 e. The van der Waals surface area contributed by atoms with Gasteiger partial charge in [-0.15, -0.1) is 35.7 Å². The van der Waals surface area contributed by atoms with Crippen molar-refractivity contribution in [3.05, 3.63) is 238 Å². The van der Waals surface area contributed by atoms with Crippen molar-refractivity contribution in [1.82, 2.24) is 20.2 Å². The van der Waals surface area contributed by atoms with Crippen molar-refractivity contribution in [3.8, 4) is 0 Å². The summed E-state index contributed by atoms with van der Waals surface area (Å²) in [4.78, 5) is 59.6. The first-order valence-corrected chi connectivity index (χ1v) is 23.4. The maximum Gasteiger partial charge on any atom is 0.356 e. The molecular formula is C52H42N6O5S3. The molecule has 2 atom stereocenters. The van der Waals surface area contributed by atoms with Gasteiger partial charge in [0.2, 0.25) is 0 Å². The Morgan fingerprint density at radius 1 is 0.788 bits per heavy atom. The van der Waals surface area contributed by atoms with E-state index in [9.17, 15) is 14.4 Å². The van der Waals surface area contributed by atoms with E-state index in [4.69, 9.17) is 27.2 Å². The first-order valence-electron chi connectivity index (χ1n) is 21.0. The Hall–Kier alpha value is -7.26. The van der Waals surface area contributed by atoms with Gasteiger partial charge in [0.15, 0.2) is 16.9 Å². The summed E-state index contributed by atoms with van der Waals surface area (Å²) in [7, 11) is 1.34. The van der Waals surface area contributed by atoms with Gasteiger partial charge in [0.25, 0.3) is 11.8 Å². The van der Waals surface area contributed by atoms with E-state index in [2.05, 4.69) is 57.2 Å². The molecule has 5 aromatic carbocycles. The van der Waals surface area contributed by atoms with Crippen LogP contribution < -0.4 is 10.6 Å². The Kier molecular flexibility index (Phi) is 13.2. The number of thiazole rings is 1. The molecule has 328 valence electrons. The molecule has 2 aliphatic heterocycles. The minimum atomic E-state index is -1.01. The zero-order chi connectivity index (χ0) is 45.5. The number of oxime groups is 1. The number of ether oxygens (including phenoxy) is 1. The average molecular weight is 927 g/mol. The lowest BCUT2D eigenvalue weighted by Crippen LogP contribution is -2.71. The number of benzene rings is 5. The number of rotatable bonds is 15. The number of aromatic nitrogens is 2. The topological polar surface area (TPSA) is 135 Å². The van der Waals surface area contributed by atoms with E-state index in [-0.39, 0.29) is 17.1 Å². The number of amides is 2. The van der Waals surface area contributed by atoms with E-state index in [1.165, 1.54) is 35.1 Å². The number of carbonyl (C=O) groups excluding carboxylic acids is 3. The maximum atomic E-state index is 14.6. The van der Waals surface area contributed by atoms with E-state index in [0.717, 1.165) is 27.8 Å². The van der Waals surface area contributed by atoms with E-state index in [1.807, 2.05) is 127 Å². The summed E-state index contributed by atoms with van der Waals surface area (Å²) in [5.41, 5.74) is 4.89. The van der Waals surface area contributed by atoms with Crippen molar-refractivity contribution in [2.24, 2.45) is 5.16 Å². The molecule has 2 N–H and O–H groups in total. The second-order valence-corrected chi connectivity index (χ2v) is 17.7. The van der Waals surface area contributed by atoms with Gasteiger partial charge in [-0.1, -0.05) is 163 Å². The quantitative estimate of drug-likeness (QED) is 0.0230. The molecule has 0 radical (unpaired) electrons. The number of nitrogens with zero attached hydrogens (tertiary/aromatic N) is 4. The number of thiol groups is 1. The molecule has 7 aromatic rings. The molecule has 0 saturated carbocycles. The summed E-state index contributed by atoms with van der Waals surface area (Å²) in [5, 5.41) is 12.3. The predicted molar refractivity (Wildman–Crippen MR) is 263 cm³/mol. The highest BCUT2D eigenvalue weighted by atomic mass is 32.2. The zero-order valence-electron chi connectivity index (χ0n) is 35.4. The minimum absolute atomic E-state index is 0.0633. The highest BCUT2D eigenvalue weighted by Crippen LogP contribution is 2.44. The Morgan fingerprint density at radius 3 is 1.86 bits per heavy atom. The lowest BCUT2D eigenvalue weighted by Gasteiger charge is -2.49. The Balaban J connectivity index is 1.00. The summed E-state index contributed by atoms with van der Waals surface area (Å²) < 4.78 is 6.34. The fourth-order valence-corrected chi connectivity index (χ4v) is 10.5. The SMILES string of the molecule is CON=C(C(=O)NC1C(=O)N2C(C(=O)OC(c3ccccc3)c3ccccc3)=C(C=C(S)c3ccccn3)CSC12)c1csc(NC(c2ccccc2)(c2ccccc2)c2ccccc2)n1. The number of pyridine rings is 1. The number of anilines is 1. The molecule has 0 aliphatic carbocycles. The maximum absolute atomic E-state index is 14.6. The summed E-state index contributed by atoms with van der Waals surface area (Å²) in [6, 6.07) is 53.6. The van der Waals surface area contributed by atoms with Crippen LogP contribution >= 0.6 is 35.7 Å². The highest BCUT2D eigenvalue weighted by Gasteiger charge is 2.55. The van der Waals surface area contributed by atoms with Crippen molar-refractivity contribution in [1.29, 1.82) is 0 Å². The van der Waals surface area contributed by atoms with Gasteiger partial charge in [-0.2, -0.15) is 0 Å². The standard InChI is InChI=1S/C52H42N6O5S3/c1-62-57-43(41-33-66-51(54-41)56-52(37-23-11-4-12-24-37,38-25-13-5-14-26-38)39-27-15-6-16-28-39)47(59)55-44-48(60)58-45(36(32-65-49(44)58)31-42(64)40-29-17-18-30-53-40)50(61)63-46(34-19-7-2-8-20-34)35-21-9-3-10-22-35/h2-31,33,44,46,49,64H,32H2,1H3,(H,54,56)(H,55,59). The molecule has 4 heterocycles. The van der Waals surface area contributed by atoms with Crippen LogP contribution in [-0.4, -0.2) is 62.6 Å². The summed E-state index contributed by atoms with van der Waals surface area (Å²) in [6.45, 7) is 0. The number of fused-ring (bicyclic) bond motifs is 1. The molecule has 9 rings (SSSR count). The van der Waals surface area contributed by atoms with Gasteiger partial charge in [0.1, 0.15) is 35.5 Å². The molecule has 2 aromatic heterocycles. The van der Waals surface area contributed by atoms with Gasteiger partial charge >= 0.3 is 5.97 Å². The summed E-state index contributed by atoms with van der Waals surface area (Å²) in [5.74, 6) is -1.57. The Morgan fingerprint density at radius 2 is 1.33 bits per heavy atom. The van der Waals surface area contributed by atoms with Crippen LogP contribution in [0.4, 0.5) is 5.13 Å².